The molecule has 4 fully saturated rings. The van der Waals surface area contributed by atoms with Crippen molar-refractivity contribution in [3.63, 3.8) is 0 Å². The molecule has 4 saturated carbocycles. The highest BCUT2D eigenvalue weighted by atomic mass is 16.3. The zero-order valence-electron chi connectivity index (χ0n) is 7.37. The van der Waals surface area contributed by atoms with Gasteiger partial charge >= 0.3 is 0 Å². The summed E-state index contributed by atoms with van der Waals surface area (Å²) in [5, 5.41) is 10.2. The van der Waals surface area contributed by atoms with E-state index >= 15 is 0 Å². The fourth-order valence-electron chi connectivity index (χ4n) is 4.04. The first-order chi connectivity index (χ1) is 5.67. The van der Waals surface area contributed by atoms with Crippen LogP contribution in [0.2, 0.25) is 0 Å². The molecule has 0 heterocycles. The average molecular weight is 167 g/mol. The van der Waals surface area contributed by atoms with E-state index in [0.29, 0.717) is 5.92 Å². The van der Waals surface area contributed by atoms with Crippen LogP contribution >= 0.6 is 0 Å². The van der Waals surface area contributed by atoms with Crippen LogP contribution in [0.1, 0.15) is 32.1 Å². The van der Waals surface area contributed by atoms with E-state index < -0.39 is 5.60 Å². The molecular formula is C10H17NO. The minimum Gasteiger partial charge on any atom is -0.388 e. The standard InChI is InChI=1S/C10H17NO/c11-9-8-2-6-1-7(3-8)5-10(9,12)4-6/h6-9,12H,1-5,11H2/t6-,7+,8?,9-,10?/m0/s1. The van der Waals surface area contributed by atoms with Gasteiger partial charge in [-0.15, -0.1) is 0 Å². The summed E-state index contributed by atoms with van der Waals surface area (Å²) in [7, 11) is 0. The highest BCUT2D eigenvalue weighted by molar-refractivity contribution is 5.08. The van der Waals surface area contributed by atoms with Crippen LogP contribution in [0.15, 0.2) is 0 Å². The Kier molecular flexibility index (Phi) is 1.25. The van der Waals surface area contributed by atoms with Gasteiger partial charge in [0.05, 0.1) is 5.60 Å². The Morgan fingerprint density at radius 3 is 2.17 bits per heavy atom. The molecule has 2 unspecified atom stereocenters. The second-order valence-corrected chi connectivity index (χ2v) is 5.24. The van der Waals surface area contributed by atoms with Crippen LogP contribution in [-0.4, -0.2) is 16.7 Å². The maximum absolute atomic E-state index is 10.2. The van der Waals surface area contributed by atoms with Crippen LogP contribution < -0.4 is 5.73 Å². The van der Waals surface area contributed by atoms with E-state index in [-0.39, 0.29) is 6.04 Å². The summed E-state index contributed by atoms with van der Waals surface area (Å²) in [4.78, 5) is 0. The Morgan fingerprint density at radius 2 is 1.67 bits per heavy atom. The third-order valence-corrected chi connectivity index (χ3v) is 4.35. The van der Waals surface area contributed by atoms with Crippen molar-refractivity contribution in [2.24, 2.45) is 23.5 Å². The lowest BCUT2D eigenvalue weighted by Gasteiger charge is -2.57. The molecular weight excluding hydrogens is 150 g/mol. The van der Waals surface area contributed by atoms with Gasteiger partial charge in [-0.05, 0) is 49.9 Å². The molecule has 0 spiro atoms. The van der Waals surface area contributed by atoms with E-state index in [1.54, 1.807) is 0 Å². The van der Waals surface area contributed by atoms with Gasteiger partial charge in [-0.3, -0.25) is 0 Å². The van der Waals surface area contributed by atoms with Crippen molar-refractivity contribution in [3.05, 3.63) is 0 Å². The quantitative estimate of drug-likeness (QED) is 0.562. The number of nitrogens with two attached hydrogens (primary N) is 1. The van der Waals surface area contributed by atoms with Gasteiger partial charge in [0.25, 0.3) is 0 Å². The van der Waals surface area contributed by atoms with Crippen LogP contribution in [0.4, 0.5) is 0 Å². The van der Waals surface area contributed by atoms with Gasteiger partial charge in [-0.1, -0.05) is 0 Å². The summed E-state index contributed by atoms with van der Waals surface area (Å²) < 4.78 is 0. The first-order valence-electron chi connectivity index (χ1n) is 5.15. The highest BCUT2D eigenvalue weighted by Crippen LogP contribution is 2.54. The van der Waals surface area contributed by atoms with Gasteiger partial charge in [0.2, 0.25) is 0 Å². The fourth-order valence-corrected chi connectivity index (χ4v) is 4.04. The second-order valence-electron chi connectivity index (χ2n) is 5.24. The van der Waals surface area contributed by atoms with E-state index in [0.717, 1.165) is 24.7 Å². The maximum Gasteiger partial charge on any atom is 0.0805 e. The first kappa shape index (κ1) is 7.34. The van der Waals surface area contributed by atoms with Crippen LogP contribution in [0.3, 0.4) is 0 Å². The predicted octanol–water partition coefficient (Wildman–Crippen LogP) is 0.885. The highest BCUT2D eigenvalue weighted by Gasteiger charge is 2.54. The molecule has 2 heteroatoms. The van der Waals surface area contributed by atoms with Gasteiger partial charge in [0.15, 0.2) is 0 Å². The minimum absolute atomic E-state index is 0.0882. The van der Waals surface area contributed by atoms with Crippen LogP contribution in [-0.2, 0) is 0 Å². The zero-order chi connectivity index (χ0) is 8.34. The molecule has 0 saturated heterocycles. The molecule has 5 atom stereocenters. The summed E-state index contributed by atoms with van der Waals surface area (Å²) in [6.07, 6.45) is 5.92. The molecule has 4 rings (SSSR count). The van der Waals surface area contributed by atoms with Crippen molar-refractivity contribution in [2.45, 2.75) is 43.7 Å². The van der Waals surface area contributed by atoms with E-state index in [1.165, 1.54) is 19.3 Å². The second kappa shape index (κ2) is 2.05. The summed E-state index contributed by atoms with van der Waals surface area (Å²) in [5.74, 6) is 2.24. The smallest absolute Gasteiger partial charge is 0.0805 e. The Morgan fingerprint density at radius 1 is 1.08 bits per heavy atom. The molecule has 2 nitrogen and oxygen atoms in total. The van der Waals surface area contributed by atoms with Crippen LogP contribution in [0, 0.1) is 17.8 Å². The molecule has 0 aliphatic heterocycles. The third-order valence-electron chi connectivity index (χ3n) is 4.35. The Hall–Kier alpha value is -0.0800. The van der Waals surface area contributed by atoms with Crippen molar-refractivity contribution in [1.82, 2.24) is 0 Å². The molecule has 0 aromatic heterocycles. The molecule has 12 heavy (non-hydrogen) atoms. The van der Waals surface area contributed by atoms with Crippen molar-refractivity contribution in [3.8, 4) is 0 Å². The molecule has 0 aromatic carbocycles. The average Bonchev–Trinajstić information content (AvgIpc) is 1.98. The number of rotatable bonds is 0. The fraction of sp³-hybridized carbons (Fsp3) is 1.00. The van der Waals surface area contributed by atoms with E-state index in [2.05, 4.69) is 0 Å². The lowest BCUT2D eigenvalue weighted by molar-refractivity contribution is -0.139. The summed E-state index contributed by atoms with van der Waals surface area (Å²) in [5.41, 5.74) is 5.59. The van der Waals surface area contributed by atoms with E-state index in [9.17, 15) is 5.11 Å². The van der Waals surface area contributed by atoms with Gasteiger partial charge in [0.1, 0.15) is 0 Å². The molecule has 0 amide bonds. The normalized spacial score (nSPS) is 62.5. The van der Waals surface area contributed by atoms with Gasteiger partial charge < -0.3 is 10.8 Å². The molecule has 0 radical (unpaired) electrons. The molecule has 0 aromatic rings. The number of hydrogen-bond donors (Lipinski definition) is 2. The van der Waals surface area contributed by atoms with E-state index in [1.807, 2.05) is 0 Å². The first-order valence-corrected chi connectivity index (χ1v) is 5.15. The largest absolute Gasteiger partial charge is 0.388 e. The lowest BCUT2D eigenvalue weighted by Crippen LogP contribution is -2.63. The van der Waals surface area contributed by atoms with Gasteiger partial charge in [-0.25, -0.2) is 0 Å². The molecule has 4 aliphatic rings. The summed E-state index contributed by atoms with van der Waals surface area (Å²) >= 11 is 0. The maximum atomic E-state index is 10.2. The van der Waals surface area contributed by atoms with Crippen molar-refractivity contribution < 1.29 is 5.11 Å². The summed E-state index contributed by atoms with van der Waals surface area (Å²) in [6, 6.07) is 0.0882. The van der Waals surface area contributed by atoms with Crippen molar-refractivity contribution in [1.29, 1.82) is 0 Å². The number of hydrogen-bond acceptors (Lipinski definition) is 2. The Balaban J connectivity index is 1.97. The predicted molar refractivity (Wildman–Crippen MR) is 46.5 cm³/mol. The Bertz CT molecular complexity index is 202. The van der Waals surface area contributed by atoms with Gasteiger partial charge in [0, 0.05) is 6.04 Å². The monoisotopic (exact) mass is 167 g/mol. The van der Waals surface area contributed by atoms with Crippen molar-refractivity contribution >= 4 is 0 Å². The van der Waals surface area contributed by atoms with Crippen LogP contribution in [0.25, 0.3) is 0 Å². The molecule has 3 N–H and O–H groups in total. The van der Waals surface area contributed by atoms with Crippen molar-refractivity contribution in [2.75, 3.05) is 0 Å². The Labute approximate surface area is 73.1 Å². The minimum atomic E-state index is -0.464. The molecule has 4 bridgehead atoms. The zero-order valence-corrected chi connectivity index (χ0v) is 7.37. The SMILES string of the molecule is N[C@H]1C2C[C@@H]3C[C@H](C2)CC1(O)C3. The lowest BCUT2D eigenvalue weighted by atomic mass is 9.52. The van der Waals surface area contributed by atoms with Gasteiger partial charge in [-0.2, -0.15) is 0 Å². The van der Waals surface area contributed by atoms with Crippen LogP contribution in [0.5, 0.6) is 0 Å². The molecule has 68 valence electrons. The number of aliphatic hydroxyl groups is 1. The summed E-state index contributed by atoms with van der Waals surface area (Å²) in [6.45, 7) is 0. The third kappa shape index (κ3) is 0.775. The topological polar surface area (TPSA) is 46.2 Å². The molecule has 4 aliphatic carbocycles. The van der Waals surface area contributed by atoms with E-state index in [4.69, 9.17) is 5.73 Å².